The van der Waals surface area contributed by atoms with Gasteiger partial charge in [0.1, 0.15) is 0 Å². The van der Waals surface area contributed by atoms with Crippen molar-refractivity contribution in [1.29, 1.82) is 0 Å². The smallest absolute Gasteiger partial charge is 0.311 e. The first kappa shape index (κ1) is 17.7. The molecule has 2 saturated heterocycles. The standard InChI is InChI=1S/C18H24N2O5/c21-16(19-13-18(17(22)23)5-9-24-10-6-18)14-1-3-15(4-2-14)20-7-11-25-12-8-20/h1-4H,5-13H2,(H,19,21)(H,22,23). The van der Waals surface area contributed by atoms with Gasteiger partial charge in [-0.3, -0.25) is 9.59 Å². The molecular weight excluding hydrogens is 324 g/mol. The van der Waals surface area contributed by atoms with E-state index in [9.17, 15) is 14.7 Å². The number of morpholine rings is 1. The number of carbonyl (C=O) groups excluding carboxylic acids is 1. The third kappa shape index (κ3) is 4.11. The van der Waals surface area contributed by atoms with Gasteiger partial charge in [-0.15, -0.1) is 0 Å². The molecule has 2 heterocycles. The molecule has 3 rings (SSSR count). The Bertz CT molecular complexity index is 604. The number of carboxylic acids is 1. The lowest BCUT2D eigenvalue weighted by Gasteiger charge is -2.33. The zero-order valence-corrected chi connectivity index (χ0v) is 14.2. The predicted octanol–water partition coefficient (Wildman–Crippen LogP) is 1.13. The number of carboxylic acid groups (broad SMARTS) is 1. The molecule has 0 aliphatic carbocycles. The average molecular weight is 348 g/mol. The molecule has 0 atom stereocenters. The highest BCUT2D eigenvalue weighted by molar-refractivity contribution is 5.94. The molecule has 0 unspecified atom stereocenters. The summed E-state index contributed by atoms with van der Waals surface area (Å²) in [6, 6.07) is 7.39. The molecule has 0 radical (unpaired) electrons. The maximum atomic E-state index is 12.4. The maximum absolute atomic E-state index is 12.4. The molecule has 2 aliphatic heterocycles. The first-order chi connectivity index (χ1) is 12.1. The summed E-state index contributed by atoms with van der Waals surface area (Å²) in [5.74, 6) is -1.13. The van der Waals surface area contributed by atoms with Gasteiger partial charge in [-0.1, -0.05) is 0 Å². The van der Waals surface area contributed by atoms with Crippen LogP contribution in [-0.2, 0) is 14.3 Å². The lowest BCUT2D eigenvalue weighted by atomic mass is 9.80. The van der Waals surface area contributed by atoms with Gasteiger partial charge in [-0.2, -0.15) is 0 Å². The quantitative estimate of drug-likeness (QED) is 0.829. The minimum atomic E-state index is -0.929. The third-order valence-electron chi connectivity index (χ3n) is 5.00. The van der Waals surface area contributed by atoms with Crippen LogP contribution in [0.3, 0.4) is 0 Å². The first-order valence-corrected chi connectivity index (χ1v) is 8.63. The second-order valence-electron chi connectivity index (χ2n) is 6.53. The van der Waals surface area contributed by atoms with E-state index in [2.05, 4.69) is 10.2 Å². The third-order valence-corrected chi connectivity index (χ3v) is 5.00. The molecule has 0 saturated carbocycles. The van der Waals surface area contributed by atoms with Crippen molar-refractivity contribution in [2.45, 2.75) is 12.8 Å². The van der Waals surface area contributed by atoms with E-state index in [1.165, 1.54) is 0 Å². The van der Waals surface area contributed by atoms with Crippen LogP contribution in [0.4, 0.5) is 5.69 Å². The lowest BCUT2D eigenvalue weighted by Crippen LogP contribution is -2.46. The molecule has 0 spiro atoms. The molecule has 2 aliphatic rings. The largest absolute Gasteiger partial charge is 0.481 e. The second-order valence-corrected chi connectivity index (χ2v) is 6.53. The molecule has 1 aromatic rings. The summed E-state index contributed by atoms with van der Waals surface area (Å²) in [5.41, 5.74) is 0.665. The molecule has 2 N–H and O–H groups in total. The highest BCUT2D eigenvalue weighted by atomic mass is 16.5. The number of anilines is 1. The van der Waals surface area contributed by atoms with E-state index >= 15 is 0 Å². The van der Waals surface area contributed by atoms with Crippen molar-refractivity contribution in [2.75, 3.05) is 51.0 Å². The van der Waals surface area contributed by atoms with Gasteiger partial charge in [0.25, 0.3) is 5.91 Å². The maximum Gasteiger partial charge on any atom is 0.311 e. The fraction of sp³-hybridized carbons (Fsp3) is 0.556. The van der Waals surface area contributed by atoms with E-state index in [0.717, 1.165) is 18.8 Å². The molecule has 0 aromatic heterocycles. The van der Waals surface area contributed by atoms with E-state index < -0.39 is 11.4 Å². The summed E-state index contributed by atoms with van der Waals surface area (Å²) >= 11 is 0. The number of benzene rings is 1. The van der Waals surface area contributed by atoms with Gasteiger partial charge in [0.15, 0.2) is 0 Å². The van der Waals surface area contributed by atoms with E-state index in [1.54, 1.807) is 12.1 Å². The lowest BCUT2D eigenvalue weighted by molar-refractivity contribution is -0.154. The molecule has 2 fully saturated rings. The van der Waals surface area contributed by atoms with E-state index in [-0.39, 0.29) is 12.5 Å². The minimum absolute atomic E-state index is 0.121. The Balaban J connectivity index is 1.60. The van der Waals surface area contributed by atoms with Gasteiger partial charge in [0.05, 0.1) is 18.6 Å². The van der Waals surface area contributed by atoms with Crippen LogP contribution in [0.5, 0.6) is 0 Å². The van der Waals surface area contributed by atoms with Crippen molar-refractivity contribution < 1.29 is 24.2 Å². The second kappa shape index (κ2) is 7.84. The summed E-state index contributed by atoms with van der Waals surface area (Å²) in [6.07, 6.45) is 0.831. The van der Waals surface area contributed by atoms with Crippen LogP contribution in [0.1, 0.15) is 23.2 Å². The number of rotatable bonds is 5. The van der Waals surface area contributed by atoms with Crippen LogP contribution in [0.15, 0.2) is 24.3 Å². The number of hydrogen-bond donors (Lipinski definition) is 2. The Morgan fingerprint density at radius 2 is 1.64 bits per heavy atom. The van der Waals surface area contributed by atoms with Crippen LogP contribution in [0.2, 0.25) is 0 Å². The predicted molar refractivity (Wildman–Crippen MR) is 91.9 cm³/mol. The molecular formula is C18H24N2O5. The van der Waals surface area contributed by atoms with Crippen molar-refractivity contribution in [1.82, 2.24) is 5.32 Å². The zero-order valence-electron chi connectivity index (χ0n) is 14.2. The Morgan fingerprint density at radius 3 is 2.24 bits per heavy atom. The highest BCUT2D eigenvalue weighted by Crippen LogP contribution is 2.30. The number of amides is 1. The van der Waals surface area contributed by atoms with Crippen molar-refractivity contribution >= 4 is 17.6 Å². The van der Waals surface area contributed by atoms with E-state index in [4.69, 9.17) is 9.47 Å². The van der Waals surface area contributed by atoms with Crippen molar-refractivity contribution in [3.05, 3.63) is 29.8 Å². The van der Waals surface area contributed by atoms with Crippen LogP contribution in [0, 0.1) is 5.41 Å². The Labute approximate surface area is 146 Å². The Kier molecular flexibility index (Phi) is 5.55. The van der Waals surface area contributed by atoms with Gasteiger partial charge in [0, 0.05) is 44.1 Å². The van der Waals surface area contributed by atoms with Crippen LogP contribution < -0.4 is 10.2 Å². The van der Waals surface area contributed by atoms with Crippen molar-refractivity contribution in [2.24, 2.45) is 5.41 Å². The molecule has 7 nitrogen and oxygen atoms in total. The van der Waals surface area contributed by atoms with Crippen molar-refractivity contribution in [3.63, 3.8) is 0 Å². The van der Waals surface area contributed by atoms with Gasteiger partial charge >= 0.3 is 5.97 Å². The number of carbonyl (C=O) groups is 2. The molecule has 25 heavy (non-hydrogen) atoms. The molecule has 1 amide bonds. The summed E-state index contributed by atoms with van der Waals surface area (Å²) in [6.45, 7) is 4.05. The molecule has 1 aromatic carbocycles. The normalized spacial score (nSPS) is 20.1. The Morgan fingerprint density at radius 1 is 1.04 bits per heavy atom. The first-order valence-electron chi connectivity index (χ1n) is 8.63. The van der Waals surface area contributed by atoms with Crippen LogP contribution in [0.25, 0.3) is 0 Å². The summed E-state index contributed by atoms with van der Waals surface area (Å²) in [5, 5.41) is 12.3. The highest BCUT2D eigenvalue weighted by Gasteiger charge is 2.40. The fourth-order valence-electron chi connectivity index (χ4n) is 3.23. The SMILES string of the molecule is O=C(NCC1(C(=O)O)CCOCC1)c1ccc(N2CCOCC2)cc1. The number of hydrogen-bond acceptors (Lipinski definition) is 5. The van der Waals surface area contributed by atoms with Gasteiger partial charge in [-0.25, -0.2) is 0 Å². The Hall–Kier alpha value is -2.12. The fourth-order valence-corrected chi connectivity index (χ4v) is 3.23. The molecule has 7 heteroatoms. The number of ether oxygens (including phenoxy) is 2. The molecule has 0 bridgehead atoms. The molecule has 136 valence electrons. The number of nitrogens with zero attached hydrogens (tertiary/aromatic N) is 1. The van der Waals surface area contributed by atoms with Crippen LogP contribution >= 0.6 is 0 Å². The summed E-state index contributed by atoms with van der Waals surface area (Å²) in [4.78, 5) is 26.2. The number of aliphatic carboxylic acids is 1. The summed E-state index contributed by atoms with van der Waals surface area (Å²) < 4.78 is 10.6. The van der Waals surface area contributed by atoms with Gasteiger partial charge in [-0.05, 0) is 37.1 Å². The van der Waals surface area contributed by atoms with E-state index in [1.807, 2.05) is 12.1 Å². The van der Waals surface area contributed by atoms with E-state index in [0.29, 0.717) is 44.8 Å². The van der Waals surface area contributed by atoms with Gasteiger partial charge in [0.2, 0.25) is 0 Å². The minimum Gasteiger partial charge on any atom is -0.481 e. The number of nitrogens with one attached hydrogen (secondary N) is 1. The van der Waals surface area contributed by atoms with Crippen LogP contribution in [-0.4, -0.2) is 63.0 Å². The average Bonchev–Trinajstić information content (AvgIpc) is 2.67. The van der Waals surface area contributed by atoms with Crippen molar-refractivity contribution in [3.8, 4) is 0 Å². The topological polar surface area (TPSA) is 88.1 Å². The monoisotopic (exact) mass is 348 g/mol. The summed E-state index contributed by atoms with van der Waals surface area (Å²) in [7, 11) is 0. The van der Waals surface area contributed by atoms with Gasteiger partial charge < -0.3 is 24.8 Å². The zero-order chi connectivity index (χ0) is 17.7.